The fourth-order valence-corrected chi connectivity index (χ4v) is 3.24. The van der Waals surface area contributed by atoms with Gasteiger partial charge in [0.25, 0.3) is 0 Å². The molecule has 0 fully saturated rings. The minimum atomic E-state index is -0.367. The van der Waals surface area contributed by atoms with Gasteiger partial charge in [-0.15, -0.1) is 0 Å². The number of para-hydroxylation sites is 3. The Morgan fingerprint density at radius 3 is 1.96 bits per heavy atom. The van der Waals surface area contributed by atoms with Crippen molar-refractivity contribution in [3.05, 3.63) is 81.9 Å². The summed E-state index contributed by atoms with van der Waals surface area (Å²) in [5.74, 6) is 0.196. The molecule has 0 amide bonds. The summed E-state index contributed by atoms with van der Waals surface area (Å²) in [6.07, 6.45) is 0. The number of carbonyl (C=O) groups is 1. The van der Waals surface area contributed by atoms with Gasteiger partial charge in [0.15, 0.2) is 0 Å². The number of aromatic nitrogens is 1. The quantitative estimate of drug-likeness (QED) is 0.192. The Balaban J connectivity index is 1.93. The monoisotopic (exact) mass is 425 g/mol. The number of rotatable bonds is 2. The van der Waals surface area contributed by atoms with Crippen molar-refractivity contribution in [1.29, 1.82) is 0 Å². The van der Waals surface area contributed by atoms with Gasteiger partial charge in [0.1, 0.15) is 5.75 Å². The maximum Gasteiger partial charge on any atom is 0.344 e. The summed E-state index contributed by atoms with van der Waals surface area (Å²) in [6, 6.07) is 22.7. The van der Waals surface area contributed by atoms with Gasteiger partial charge in [-0.2, -0.15) is 0 Å². The predicted molar refractivity (Wildman–Crippen MR) is 103 cm³/mol. The zero-order valence-corrected chi connectivity index (χ0v) is 14.7. The van der Waals surface area contributed by atoms with Crippen molar-refractivity contribution in [2.24, 2.45) is 0 Å². The van der Waals surface area contributed by atoms with Crippen LogP contribution in [0.2, 0.25) is 0 Å². The number of pyridine rings is 1. The lowest BCUT2D eigenvalue weighted by Gasteiger charge is -2.11. The highest BCUT2D eigenvalue weighted by atomic mass is 127. The van der Waals surface area contributed by atoms with Crippen molar-refractivity contribution in [1.82, 2.24) is 4.98 Å². The SMILES string of the molecule is O=C(Oc1ccccc1I)c1c2ccccc2nc2ccccc12. The van der Waals surface area contributed by atoms with Crippen LogP contribution in [0, 0.1) is 3.57 Å². The van der Waals surface area contributed by atoms with Gasteiger partial charge in [0.05, 0.1) is 20.2 Å². The van der Waals surface area contributed by atoms with Crippen molar-refractivity contribution in [3.8, 4) is 5.75 Å². The molecule has 0 saturated heterocycles. The van der Waals surface area contributed by atoms with E-state index < -0.39 is 0 Å². The molecule has 0 radical (unpaired) electrons. The second-order valence-electron chi connectivity index (χ2n) is 5.34. The van der Waals surface area contributed by atoms with Gasteiger partial charge in [0.2, 0.25) is 0 Å². The number of carbonyl (C=O) groups excluding carboxylic acids is 1. The summed E-state index contributed by atoms with van der Waals surface area (Å²) in [7, 11) is 0. The van der Waals surface area contributed by atoms with Gasteiger partial charge in [0, 0.05) is 10.8 Å². The third-order valence-electron chi connectivity index (χ3n) is 3.83. The Kier molecular flexibility index (Phi) is 3.90. The molecular formula is C20H12INO2. The van der Waals surface area contributed by atoms with Gasteiger partial charge >= 0.3 is 5.97 Å². The second kappa shape index (κ2) is 6.20. The van der Waals surface area contributed by atoms with E-state index in [1.807, 2.05) is 66.7 Å². The van der Waals surface area contributed by atoms with Crippen molar-refractivity contribution < 1.29 is 9.53 Å². The molecule has 4 rings (SSSR count). The Labute approximate surface area is 152 Å². The van der Waals surface area contributed by atoms with Crippen LogP contribution in [-0.4, -0.2) is 11.0 Å². The molecule has 24 heavy (non-hydrogen) atoms. The third-order valence-corrected chi connectivity index (χ3v) is 4.72. The number of esters is 1. The van der Waals surface area contributed by atoms with E-state index in [4.69, 9.17) is 4.74 Å². The van der Waals surface area contributed by atoms with Crippen molar-refractivity contribution in [3.63, 3.8) is 0 Å². The highest BCUT2D eigenvalue weighted by Crippen LogP contribution is 2.28. The maximum absolute atomic E-state index is 12.9. The number of fused-ring (bicyclic) bond motifs is 2. The average molecular weight is 425 g/mol. The Morgan fingerprint density at radius 2 is 1.33 bits per heavy atom. The Bertz CT molecular complexity index is 1020. The topological polar surface area (TPSA) is 39.2 Å². The van der Waals surface area contributed by atoms with E-state index in [-0.39, 0.29) is 5.97 Å². The van der Waals surface area contributed by atoms with Crippen LogP contribution >= 0.6 is 22.6 Å². The lowest BCUT2D eigenvalue weighted by atomic mass is 10.0. The third kappa shape index (κ3) is 2.63. The molecule has 0 aliphatic heterocycles. The highest BCUT2D eigenvalue weighted by molar-refractivity contribution is 14.1. The number of hydrogen-bond donors (Lipinski definition) is 0. The summed E-state index contributed by atoms with van der Waals surface area (Å²) in [5.41, 5.74) is 2.12. The van der Waals surface area contributed by atoms with Crippen LogP contribution in [0.15, 0.2) is 72.8 Å². The molecule has 116 valence electrons. The fourth-order valence-electron chi connectivity index (χ4n) is 2.74. The molecule has 0 unspecified atom stereocenters. The van der Waals surface area contributed by atoms with E-state index in [1.54, 1.807) is 6.07 Å². The van der Waals surface area contributed by atoms with Crippen LogP contribution in [0.1, 0.15) is 10.4 Å². The summed E-state index contributed by atoms with van der Waals surface area (Å²) in [6.45, 7) is 0. The number of ether oxygens (including phenoxy) is 1. The molecule has 0 saturated carbocycles. The number of halogens is 1. The van der Waals surface area contributed by atoms with Gasteiger partial charge in [-0.1, -0.05) is 48.5 Å². The summed E-state index contributed by atoms with van der Waals surface area (Å²) >= 11 is 2.16. The highest BCUT2D eigenvalue weighted by Gasteiger charge is 2.18. The predicted octanol–water partition coefficient (Wildman–Crippen LogP) is 5.21. The molecule has 3 aromatic carbocycles. The van der Waals surface area contributed by atoms with Crippen LogP contribution in [0.4, 0.5) is 0 Å². The first-order valence-corrected chi connectivity index (χ1v) is 8.56. The molecular weight excluding hydrogens is 413 g/mol. The molecule has 4 heteroatoms. The molecule has 1 heterocycles. The van der Waals surface area contributed by atoms with E-state index in [9.17, 15) is 4.79 Å². The first-order valence-electron chi connectivity index (χ1n) is 7.48. The molecule has 0 atom stereocenters. The van der Waals surface area contributed by atoms with E-state index in [2.05, 4.69) is 27.6 Å². The minimum absolute atomic E-state index is 0.367. The molecule has 0 bridgehead atoms. The van der Waals surface area contributed by atoms with E-state index in [0.717, 1.165) is 25.4 Å². The van der Waals surface area contributed by atoms with Crippen LogP contribution in [0.5, 0.6) is 5.75 Å². The second-order valence-corrected chi connectivity index (χ2v) is 6.50. The van der Waals surface area contributed by atoms with Crippen LogP contribution in [0.3, 0.4) is 0 Å². The van der Waals surface area contributed by atoms with Gasteiger partial charge in [-0.25, -0.2) is 9.78 Å². The molecule has 0 spiro atoms. The average Bonchev–Trinajstić information content (AvgIpc) is 2.61. The summed E-state index contributed by atoms with van der Waals surface area (Å²) in [5, 5.41) is 1.60. The zero-order chi connectivity index (χ0) is 16.5. The normalized spacial score (nSPS) is 10.9. The Hall–Kier alpha value is -2.47. The van der Waals surface area contributed by atoms with E-state index >= 15 is 0 Å². The van der Waals surface area contributed by atoms with Crippen molar-refractivity contribution in [2.75, 3.05) is 0 Å². The van der Waals surface area contributed by atoms with Crippen LogP contribution in [-0.2, 0) is 0 Å². The first kappa shape index (κ1) is 15.1. The van der Waals surface area contributed by atoms with E-state index in [1.165, 1.54) is 0 Å². The first-order chi connectivity index (χ1) is 11.7. The fraction of sp³-hybridized carbons (Fsp3) is 0. The summed E-state index contributed by atoms with van der Waals surface area (Å²) in [4.78, 5) is 17.6. The molecule has 0 aliphatic rings. The lowest BCUT2D eigenvalue weighted by molar-refractivity contribution is 0.0737. The molecule has 1 aromatic heterocycles. The van der Waals surface area contributed by atoms with Crippen LogP contribution < -0.4 is 4.74 Å². The largest absolute Gasteiger partial charge is 0.422 e. The minimum Gasteiger partial charge on any atom is -0.422 e. The smallest absolute Gasteiger partial charge is 0.344 e. The number of nitrogens with zero attached hydrogens (tertiary/aromatic N) is 1. The number of benzene rings is 3. The van der Waals surface area contributed by atoms with E-state index in [0.29, 0.717) is 11.3 Å². The molecule has 0 N–H and O–H groups in total. The number of hydrogen-bond acceptors (Lipinski definition) is 3. The molecule has 0 aliphatic carbocycles. The van der Waals surface area contributed by atoms with Crippen molar-refractivity contribution in [2.45, 2.75) is 0 Å². The Morgan fingerprint density at radius 1 is 0.792 bits per heavy atom. The maximum atomic E-state index is 12.9. The molecule has 3 nitrogen and oxygen atoms in total. The summed E-state index contributed by atoms with van der Waals surface area (Å²) < 4.78 is 6.57. The standard InChI is InChI=1S/C20H12INO2/c21-15-9-3-6-12-18(15)24-20(23)19-13-7-1-4-10-16(13)22-17-11-5-2-8-14(17)19/h1-12H. The van der Waals surface area contributed by atoms with Gasteiger partial charge in [-0.3, -0.25) is 0 Å². The van der Waals surface area contributed by atoms with Gasteiger partial charge in [-0.05, 0) is 46.9 Å². The van der Waals surface area contributed by atoms with Gasteiger partial charge < -0.3 is 4.74 Å². The lowest BCUT2D eigenvalue weighted by Crippen LogP contribution is -2.11. The molecule has 4 aromatic rings. The zero-order valence-electron chi connectivity index (χ0n) is 12.6. The van der Waals surface area contributed by atoms with Crippen molar-refractivity contribution >= 4 is 50.4 Å². The van der Waals surface area contributed by atoms with Crippen LogP contribution in [0.25, 0.3) is 21.8 Å².